The van der Waals surface area contributed by atoms with Gasteiger partial charge in [0.25, 0.3) is 0 Å². The molecule has 0 saturated heterocycles. The van der Waals surface area contributed by atoms with Crippen LogP contribution in [-0.2, 0) is 11.3 Å². The highest BCUT2D eigenvalue weighted by Crippen LogP contribution is 2.21. The van der Waals surface area contributed by atoms with Gasteiger partial charge in [-0.2, -0.15) is 0 Å². The van der Waals surface area contributed by atoms with E-state index in [1.807, 2.05) is 0 Å². The summed E-state index contributed by atoms with van der Waals surface area (Å²) in [5, 5.41) is -0.0982. The second kappa shape index (κ2) is 5.88. The van der Waals surface area contributed by atoms with Crippen molar-refractivity contribution in [3.63, 3.8) is 0 Å². The summed E-state index contributed by atoms with van der Waals surface area (Å²) in [6.45, 7) is -0.188. The van der Waals surface area contributed by atoms with Crippen LogP contribution >= 0.6 is 11.6 Å². The molecule has 6 heteroatoms. The van der Waals surface area contributed by atoms with E-state index in [1.54, 1.807) is 0 Å². The number of benzene rings is 2. The zero-order valence-corrected chi connectivity index (χ0v) is 11.0. The van der Waals surface area contributed by atoms with Crippen LogP contribution in [-0.4, -0.2) is 5.97 Å². The zero-order valence-electron chi connectivity index (χ0n) is 10.2. The van der Waals surface area contributed by atoms with Crippen molar-refractivity contribution >= 4 is 23.3 Å². The van der Waals surface area contributed by atoms with Crippen molar-refractivity contribution in [3.05, 3.63) is 64.2 Å². The quantitative estimate of drug-likeness (QED) is 0.696. The number of rotatable bonds is 3. The predicted molar refractivity (Wildman–Crippen MR) is 71.3 cm³/mol. The summed E-state index contributed by atoms with van der Waals surface area (Å²) in [6.07, 6.45) is 0. The van der Waals surface area contributed by atoms with Gasteiger partial charge in [-0.15, -0.1) is 0 Å². The van der Waals surface area contributed by atoms with Crippen LogP contribution < -0.4 is 5.73 Å². The zero-order chi connectivity index (χ0) is 14.7. The first-order chi connectivity index (χ1) is 9.49. The molecule has 0 aliphatic carbocycles. The van der Waals surface area contributed by atoms with E-state index >= 15 is 0 Å². The molecular weight excluding hydrogens is 288 g/mol. The molecule has 2 aromatic carbocycles. The Morgan fingerprint density at radius 3 is 2.65 bits per heavy atom. The molecule has 0 saturated carbocycles. The number of anilines is 1. The lowest BCUT2D eigenvalue weighted by molar-refractivity contribution is 0.0472. The molecular formula is C14H10ClF2NO2. The molecule has 20 heavy (non-hydrogen) atoms. The SMILES string of the molecule is Nc1cc(C(=O)OCc2cccc(F)c2Cl)ccc1F. The summed E-state index contributed by atoms with van der Waals surface area (Å²) >= 11 is 5.73. The van der Waals surface area contributed by atoms with Gasteiger partial charge in [-0.25, -0.2) is 13.6 Å². The average Bonchev–Trinajstić information content (AvgIpc) is 2.43. The second-order valence-corrected chi connectivity index (χ2v) is 4.40. The highest BCUT2D eigenvalue weighted by atomic mass is 35.5. The van der Waals surface area contributed by atoms with E-state index in [1.165, 1.54) is 30.3 Å². The van der Waals surface area contributed by atoms with E-state index in [0.29, 0.717) is 5.56 Å². The minimum absolute atomic E-state index is 0.0982. The summed E-state index contributed by atoms with van der Waals surface area (Å²) in [5.74, 6) is -1.90. The lowest BCUT2D eigenvalue weighted by Crippen LogP contribution is -2.07. The minimum Gasteiger partial charge on any atom is -0.457 e. The van der Waals surface area contributed by atoms with E-state index in [0.717, 1.165) is 6.07 Å². The lowest BCUT2D eigenvalue weighted by Gasteiger charge is -2.07. The summed E-state index contributed by atoms with van der Waals surface area (Å²) in [7, 11) is 0. The number of hydrogen-bond donors (Lipinski definition) is 1. The van der Waals surface area contributed by atoms with Gasteiger partial charge in [0.05, 0.1) is 16.3 Å². The predicted octanol–water partition coefficient (Wildman–Crippen LogP) is 3.56. The molecule has 3 nitrogen and oxygen atoms in total. The Morgan fingerprint density at radius 1 is 1.20 bits per heavy atom. The first-order valence-electron chi connectivity index (χ1n) is 5.64. The van der Waals surface area contributed by atoms with E-state index < -0.39 is 17.6 Å². The number of carbonyl (C=O) groups excluding carboxylic acids is 1. The second-order valence-electron chi connectivity index (χ2n) is 4.03. The number of nitrogen functional groups attached to an aromatic ring is 1. The summed E-state index contributed by atoms with van der Waals surface area (Å²) in [6, 6.07) is 7.69. The molecule has 0 spiro atoms. The van der Waals surface area contributed by atoms with Gasteiger partial charge in [-0.3, -0.25) is 0 Å². The van der Waals surface area contributed by atoms with E-state index in [2.05, 4.69) is 0 Å². The fourth-order valence-corrected chi connectivity index (χ4v) is 1.74. The first-order valence-corrected chi connectivity index (χ1v) is 6.02. The Morgan fingerprint density at radius 2 is 1.95 bits per heavy atom. The number of hydrogen-bond acceptors (Lipinski definition) is 3. The van der Waals surface area contributed by atoms with Gasteiger partial charge >= 0.3 is 5.97 Å². The van der Waals surface area contributed by atoms with Gasteiger partial charge < -0.3 is 10.5 Å². The van der Waals surface area contributed by atoms with E-state index in [9.17, 15) is 13.6 Å². The van der Waals surface area contributed by atoms with Crippen LogP contribution in [0.4, 0.5) is 14.5 Å². The number of carbonyl (C=O) groups is 1. The monoisotopic (exact) mass is 297 g/mol. The van der Waals surface area contributed by atoms with Gasteiger partial charge in [0.1, 0.15) is 18.2 Å². The Balaban J connectivity index is 2.08. The minimum atomic E-state index is -0.697. The molecule has 0 aliphatic heterocycles. The molecule has 0 aromatic heterocycles. The highest BCUT2D eigenvalue weighted by molar-refractivity contribution is 6.31. The average molecular weight is 298 g/mol. The maximum absolute atomic E-state index is 13.2. The molecule has 2 aromatic rings. The molecule has 104 valence electrons. The Kier molecular flexibility index (Phi) is 4.20. The Labute approximate surface area is 118 Å². The fraction of sp³-hybridized carbons (Fsp3) is 0.0714. The topological polar surface area (TPSA) is 52.3 Å². The normalized spacial score (nSPS) is 10.3. The highest BCUT2D eigenvalue weighted by Gasteiger charge is 2.12. The number of nitrogens with two attached hydrogens (primary N) is 1. The van der Waals surface area contributed by atoms with Gasteiger partial charge in [0.2, 0.25) is 0 Å². The van der Waals surface area contributed by atoms with Crippen molar-refractivity contribution in [3.8, 4) is 0 Å². The van der Waals surface area contributed by atoms with E-state index in [4.69, 9.17) is 22.1 Å². The van der Waals surface area contributed by atoms with Crippen molar-refractivity contribution in [2.75, 3.05) is 5.73 Å². The lowest BCUT2D eigenvalue weighted by atomic mass is 10.2. The van der Waals surface area contributed by atoms with Crippen LogP contribution in [0.15, 0.2) is 36.4 Å². The molecule has 0 fully saturated rings. The Bertz CT molecular complexity index is 662. The van der Waals surface area contributed by atoms with Crippen molar-refractivity contribution < 1.29 is 18.3 Å². The molecule has 2 N–H and O–H groups in total. The van der Waals surface area contributed by atoms with Crippen molar-refractivity contribution in [1.29, 1.82) is 0 Å². The first kappa shape index (κ1) is 14.3. The van der Waals surface area contributed by atoms with Gasteiger partial charge in [0.15, 0.2) is 0 Å². The molecule has 0 heterocycles. The summed E-state index contributed by atoms with van der Waals surface area (Å²) < 4.78 is 31.1. The third kappa shape index (κ3) is 3.05. The Hall–Kier alpha value is -2.14. The summed E-state index contributed by atoms with van der Waals surface area (Å²) in [5.41, 5.74) is 5.66. The number of ether oxygens (including phenoxy) is 1. The van der Waals surface area contributed by atoms with Gasteiger partial charge in [-0.1, -0.05) is 23.7 Å². The van der Waals surface area contributed by atoms with Gasteiger partial charge in [0, 0.05) is 5.56 Å². The largest absolute Gasteiger partial charge is 0.457 e. The molecule has 0 amide bonds. The standard InChI is InChI=1S/C14H10ClF2NO2/c15-13-9(2-1-3-11(13)17)7-20-14(19)8-4-5-10(16)12(18)6-8/h1-6H,7,18H2. The smallest absolute Gasteiger partial charge is 0.338 e. The van der Waals surface area contributed by atoms with Crippen molar-refractivity contribution in [2.45, 2.75) is 6.61 Å². The van der Waals surface area contributed by atoms with Gasteiger partial charge in [-0.05, 0) is 24.3 Å². The molecule has 2 rings (SSSR count). The summed E-state index contributed by atoms with van der Waals surface area (Å²) in [4.78, 5) is 11.7. The van der Waals surface area contributed by atoms with Crippen LogP contribution in [0.5, 0.6) is 0 Å². The molecule has 0 bridgehead atoms. The third-order valence-electron chi connectivity index (χ3n) is 2.62. The van der Waals surface area contributed by atoms with Crippen LogP contribution in [0.25, 0.3) is 0 Å². The maximum atomic E-state index is 13.2. The van der Waals surface area contributed by atoms with Crippen molar-refractivity contribution in [2.24, 2.45) is 0 Å². The molecule has 0 unspecified atom stereocenters. The van der Waals surface area contributed by atoms with Crippen LogP contribution in [0.3, 0.4) is 0 Å². The van der Waals surface area contributed by atoms with Crippen LogP contribution in [0.2, 0.25) is 5.02 Å². The molecule has 0 atom stereocenters. The molecule has 0 aliphatic rings. The van der Waals surface area contributed by atoms with E-state index in [-0.39, 0.29) is 22.9 Å². The maximum Gasteiger partial charge on any atom is 0.338 e. The number of halogens is 3. The number of esters is 1. The fourth-order valence-electron chi connectivity index (χ4n) is 1.56. The van der Waals surface area contributed by atoms with Crippen LogP contribution in [0.1, 0.15) is 15.9 Å². The van der Waals surface area contributed by atoms with Crippen molar-refractivity contribution in [1.82, 2.24) is 0 Å². The van der Waals surface area contributed by atoms with Crippen LogP contribution in [0, 0.1) is 11.6 Å². The molecule has 0 radical (unpaired) electrons. The third-order valence-corrected chi connectivity index (χ3v) is 3.05.